The summed E-state index contributed by atoms with van der Waals surface area (Å²) in [4.78, 5) is 21.2. The third kappa shape index (κ3) is 5.66. The van der Waals surface area contributed by atoms with E-state index >= 15 is 0 Å². The highest BCUT2D eigenvalue weighted by atomic mass is 79.9. The average Bonchev–Trinajstić information content (AvgIpc) is 3.23. The molecule has 1 aliphatic rings. The molecular weight excluding hydrogens is 485 g/mol. The molecule has 0 unspecified atom stereocenters. The van der Waals surface area contributed by atoms with Crippen molar-refractivity contribution in [1.82, 2.24) is 14.5 Å². The Hall–Kier alpha value is -2.03. The molecular formula is C23H32BrF3N4O. The molecule has 1 amide bonds. The Balaban J connectivity index is 0.00000176. The monoisotopic (exact) mass is 516 g/mol. The zero-order valence-electron chi connectivity index (χ0n) is 19.6. The van der Waals surface area contributed by atoms with Gasteiger partial charge in [0.25, 0.3) is 5.91 Å². The number of hydrogen-bond acceptors (Lipinski definition) is 3. The lowest BCUT2D eigenvalue weighted by Gasteiger charge is -2.23. The van der Waals surface area contributed by atoms with Crippen LogP contribution in [-0.2, 0) is 6.54 Å². The maximum atomic E-state index is 13.2. The number of rotatable bonds is 6. The van der Waals surface area contributed by atoms with Crippen LogP contribution in [0.3, 0.4) is 0 Å². The van der Waals surface area contributed by atoms with Crippen LogP contribution in [-0.4, -0.2) is 46.2 Å². The van der Waals surface area contributed by atoms with Gasteiger partial charge in [0, 0.05) is 30.7 Å². The van der Waals surface area contributed by atoms with Gasteiger partial charge in [-0.15, -0.1) is 0 Å². The highest BCUT2D eigenvalue weighted by Crippen LogP contribution is 2.39. The van der Waals surface area contributed by atoms with Crippen molar-refractivity contribution in [3.05, 3.63) is 39.1 Å². The predicted molar refractivity (Wildman–Crippen MR) is 126 cm³/mol. The Kier molecular flexibility index (Phi) is 8.79. The maximum Gasteiger partial charge on any atom is 0.390 e. The van der Waals surface area contributed by atoms with Gasteiger partial charge in [0.05, 0.1) is 17.8 Å². The summed E-state index contributed by atoms with van der Waals surface area (Å²) in [6.07, 6.45) is -4.72. The van der Waals surface area contributed by atoms with Crippen LogP contribution in [0.4, 0.5) is 24.8 Å². The molecule has 0 atom stereocenters. The second-order valence-electron chi connectivity index (χ2n) is 7.72. The largest absolute Gasteiger partial charge is 0.390 e. The lowest BCUT2D eigenvalue weighted by molar-refractivity contribution is -0.136. The van der Waals surface area contributed by atoms with Crippen LogP contribution in [0.5, 0.6) is 0 Å². The van der Waals surface area contributed by atoms with Crippen LogP contribution in [0.25, 0.3) is 0 Å². The number of aromatic nitrogens is 2. The summed E-state index contributed by atoms with van der Waals surface area (Å²) in [5.74, 6) is 0.259. The maximum absolute atomic E-state index is 13.2. The minimum absolute atomic E-state index is 0.279. The van der Waals surface area contributed by atoms with Crippen LogP contribution in [0, 0.1) is 20.8 Å². The Bertz CT molecular complexity index is 932. The number of benzene rings is 1. The van der Waals surface area contributed by atoms with Crippen LogP contribution >= 0.6 is 15.9 Å². The Morgan fingerprint density at radius 3 is 2.38 bits per heavy atom. The Morgan fingerprint density at radius 1 is 1.16 bits per heavy atom. The van der Waals surface area contributed by atoms with E-state index in [0.29, 0.717) is 36.8 Å². The zero-order chi connectivity index (χ0) is 24.2. The molecule has 0 N–H and O–H groups in total. The van der Waals surface area contributed by atoms with Gasteiger partial charge in [0.15, 0.2) is 0 Å². The van der Waals surface area contributed by atoms with E-state index in [1.165, 1.54) is 4.90 Å². The number of aryl methyl sites for hydroxylation is 3. The van der Waals surface area contributed by atoms with E-state index in [-0.39, 0.29) is 19.0 Å². The summed E-state index contributed by atoms with van der Waals surface area (Å²) in [5.41, 5.74) is 4.13. The first-order valence-electron chi connectivity index (χ1n) is 11.0. The van der Waals surface area contributed by atoms with Gasteiger partial charge in [0.2, 0.25) is 5.95 Å². The van der Waals surface area contributed by atoms with Gasteiger partial charge in [-0.1, -0.05) is 26.8 Å². The molecule has 2 aromatic rings. The van der Waals surface area contributed by atoms with Gasteiger partial charge in [0.1, 0.15) is 5.69 Å². The van der Waals surface area contributed by atoms with E-state index in [9.17, 15) is 18.0 Å². The number of alkyl halides is 3. The highest BCUT2D eigenvalue weighted by molar-refractivity contribution is 9.10. The molecule has 1 aliphatic heterocycles. The van der Waals surface area contributed by atoms with Gasteiger partial charge in [-0.3, -0.25) is 4.79 Å². The summed E-state index contributed by atoms with van der Waals surface area (Å²) in [7, 11) is 0. The number of fused-ring (bicyclic) bond motifs is 1. The van der Waals surface area contributed by atoms with E-state index in [4.69, 9.17) is 0 Å². The van der Waals surface area contributed by atoms with Crippen molar-refractivity contribution >= 4 is 33.5 Å². The fourth-order valence-corrected chi connectivity index (χ4v) is 4.89. The van der Waals surface area contributed by atoms with Crippen molar-refractivity contribution in [2.75, 3.05) is 24.5 Å². The lowest BCUT2D eigenvalue weighted by Crippen LogP contribution is -2.36. The highest BCUT2D eigenvalue weighted by Gasteiger charge is 2.34. The fraction of sp³-hybridized carbons (Fsp3) is 0.565. The van der Waals surface area contributed by atoms with E-state index < -0.39 is 12.6 Å². The molecule has 1 aromatic carbocycles. The van der Waals surface area contributed by atoms with Crippen molar-refractivity contribution in [3.63, 3.8) is 0 Å². The van der Waals surface area contributed by atoms with Crippen molar-refractivity contribution in [2.24, 2.45) is 0 Å². The van der Waals surface area contributed by atoms with Crippen LogP contribution in [0.1, 0.15) is 60.9 Å². The second kappa shape index (κ2) is 10.7. The second-order valence-corrected chi connectivity index (χ2v) is 8.57. The van der Waals surface area contributed by atoms with Gasteiger partial charge < -0.3 is 14.4 Å². The van der Waals surface area contributed by atoms with Crippen molar-refractivity contribution in [1.29, 1.82) is 0 Å². The minimum atomic E-state index is -4.30. The molecule has 0 fully saturated rings. The molecule has 9 heteroatoms. The first-order chi connectivity index (χ1) is 15.0. The van der Waals surface area contributed by atoms with E-state index in [0.717, 1.165) is 21.3 Å². The lowest BCUT2D eigenvalue weighted by atomic mass is 10.1. The number of nitrogens with zero attached hydrogens (tertiary/aromatic N) is 4. The standard InChI is InChI=1S/C21H26BrF3N4O.C2H6/c1-5-7-27(8-6-21(23,24)25)19(30)18-15(4)26-20-28(9-10-29(18)20)17-14(3)11-13(2)12-16(17)22;1-2/h11-12H,5-10H2,1-4H3;1-2H3. The normalized spacial score (nSPS) is 13.0. The first-order valence-corrected chi connectivity index (χ1v) is 11.8. The van der Waals surface area contributed by atoms with Crippen LogP contribution < -0.4 is 4.90 Å². The van der Waals surface area contributed by atoms with Crippen LogP contribution in [0.15, 0.2) is 16.6 Å². The van der Waals surface area contributed by atoms with Gasteiger partial charge in [-0.25, -0.2) is 4.98 Å². The summed E-state index contributed by atoms with van der Waals surface area (Å²) in [6.45, 7) is 12.8. The summed E-state index contributed by atoms with van der Waals surface area (Å²) in [6, 6.07) is 4.12. The number of imidazole rings is 1. The van der Waals surface area contributed by atoms with E-state index in [2.05, 4.69) is 31.9 Å². The number of anilines is 2. The van der Waals surface area contributed by atoms with Crippen molar-refractivity contribution in [3.8, 4) is 0 Å². The molecule has 0 spiro atoms. The molecule has 0 radical (unpaired) electrons. The van der Waals surface area contributed by atoms with E-state index in [1.807, 2.05) is 45.3 Å². The van der Waals surface area contributed by atoms with E-state index in [1.54, 1.807) is 6.92 Å². The molecule has 5 nitrogen and oxygen atoms in total. The zero-order valence-corrected chi connectivity index (χ0v) is 21.2. The molecule has 3 rings (SSSR count). The number of carbonyl (C=O) groups is 1. The van der Waals surface area contributed by atoms with Crippen molar-refractivity contribution in [2.45, 2.75) is 67.1 Å². The first kappa shape index (κ1) is 26.2. The summed E-state index contributed by atoms with van der Waals surface area (Å²) >= 11 is 3.64. The quantitative estimate of drug-likeness (QED) is 0.436. The molecule has 0 aliphatic carbocycles. The average molecular weight is 517 g/mol. The SMILES string of the molecule is CC.CCCN(CCC(F)(F)F)C(=O)c1c(C)nc2n1CCN2c1c(C)cc(C)cc1Br. The number of halogens is 4. The van der Waals surface area contributed by atoms with Gasteiger partial charge in [-0.05, 0) is 60.3 Å². The Labute approximate surface area is 196 Å². The smallest absolute Gasteiger partial charge is 0.337 e. The summed E-state index contributed by atoms with van der Waals surface area (Å²) < 4.78 is 41.0. The van der Waals surface area contributed by atoms with Crippen molar-refractivity contribution < 1.29 is 18.0 Å². The molecule has 0 saturated carbocycles. The predicted octanol–water partition coefficient (Wildman–Crippen LogP) is 6.55. The molecule has 0 saturated heterocycles. The molecule has 178 valence electrons. The van der Waals surface area contributed by atoms with Gasteiger partial charge >= 0.3 is 6.18 Å². The number of hydrogen-bond donors (Lipinski definition) is 0. The third-order valence-corrected chi connectivity index (χ3v) is 5.83. The molecule has 2 heterocycles. The third-order valence-electron chi connectivity index (χ3n) is 5.23. The molecule has 32 heavy (non-hydrogen) atoms. The van der Waals surface area contributed by atoms with Gasteiger partial charge in [-0.2, -0.15) is 13.2 Å². The minimum Gasteiger partial charge on any atom is -0.337 e. The molecule has 0 bridgehead atoms. The Morgan fingerprint density at radius 2 is 1.81 bits per heavy atom. The number of amides is 1. The van der Waals surface area contributed by atoms with Crippen LogP contribution in [0.2, 0.25) is 0 Å². The fourth-order valence-electron chi connectivity index (χ4n) is 4.00. The molecule has 1 aromatic heterocycles. The summed E-state index contributed by atoms with van der Waals surface area (Å²) in [5, 5.41) is 0. The number of carbonyl (C=O) groups excluding carboxylic acids is 1. The topological polar surface area (TPSA) is 41.4 Å².